The summed E-state index contributed by atoms with van der Waals surface area (Å²) in [6, 6.07) is 10.8. The number of fused-ring (bicyclic) bond motifs is 1. The van der Waals surface area contributed by atoms with Crippen LogP contribution in [0.4, 0.5) is 0 Å². The Morgan fingerprint density at radius 3 is 2.07 bits per heavy atom. The molecule has 14 heavy (non-hydrogen) atoms. The van der Waals surface area contributed by atoms with Crippen LogP contribution in [0.1, 0.15) is 11.1 Å². The molecular formula is C11H11Cl2Ti. The summed E-state index contributed by atoms with van der Waals surface area (Å²) in [5.41, 5.74) is 2.74. The van der Waals surface area contributed by atoms with E-state index in [9.17, 15) is 0 Å². The Morgan fingerprint density at radius 1 is 0.929 bits per heavy atom. The zero-order valence-corrected chi connectivity index (χ0v) is 11.2. The Balaban J connectivity index is 0. The minimum atomic E-state index is 0. The molecule has 73 valence electrons. The molecule has 0 amide bonds. The van der Waals surface area contributed by atoms with E-state index in [0.717, 1.165) is 0 Å². The predicted molar refractivity (Wildman–Crippen MR) is 49.0 cm³/mol. The third-order valence-electron chi connectivity index (χ3n) is 2.25. The number of rotatable bonds is 0. The molecule has 0 saturated carbocycles. The topological polar surface area (TPSA) is 0 Å². The first-order valence-corrected chi connectivity index (χ1v) is 3.90. The van der Waals surface area contributed by atoms with Gasteiger partial charge in [0.15, 0.2) is 0 Å². The van der Waals surface area contributed by atoms with E-state index in [0.29, 0.717) is 0 Å². The van der Waals surface area contributed by atoms with E-state index < -0.39 is 0 Å². The summed E-state index contributed by atoms with van der Waals surface area (Å²) >= 11 is 0. The number of halogens is 2. The second kappa shape index (κ2) is 6.58. The van der Waals surface area contributed by atoms with Crippen LogP contribution in [0.5, 0.6) is 0 Å². The van der Waals surface area contributed by atoms with Crippen LogP contribution in [0.3, 0.4) is 0 Å². The average molecular weight is 262 g/mol. The number of hydrogen-bond acceptors (Lipinski definition) is 0. The van der Waals surface area contributed by atoms with Crippen molar-refractivity contribution in [3.8, 4) is 0 Å². The van der Waals surface area contributed by atoms with Gasteiger partial charge in [0.2, 0.25) is 0 Å². The van der Waals surface area contributed by atoms with E-state index in [2.05, 4.69) is 44.2 Å². The van der Waals surface area contributed by atoms with Crippen molar-refractivity contribution in [2.75, 3.05) is 0 Å². The molecule has 0 aliphatic rings. The Bertz CT molecular complexity index is 357. The van der Waals surface area contributed by atoms with Gasteiger partial charge in [-0.15, -0.1) is 28.5 Å². The van der Waals surface area contributed by atoms with E-state index in [1.807, 2.05) is 0 Å². The van der Waals surface area contributed by atoms with Gasteiger partial charge in [0, 0.05) is 0 Å². The molecule has 0 fully saturated rings. The SMILES string of the molecule is Cc1ccc(C)c2[cH-]ccc12.[Cl-].[Cl-].[Ti+3]. The standard InChI is InChI=1S/C11H11.2ClH.Ti/c1-8-6-7-9(2)11-5-3-4-10(8)11;;;/h3-7H,1-2H3;2*1H;/q-1;;;+3/p-2. The summed E-state index contributed by atoms with van der Waals surface area (Å²) in [7, 11) is 0. The van der Waals surface area contributed by atoms with E-state index in [4.69, 9.17) is 0 Å². The zero-order valence-electron chi connectivity index (χ0n) is 8.14. The first-order valence-electron chi connectivity index (χ1n) is 3.90. The van der Waals surface area contributed by atoms with Gasteiger partial charge < -0.3 is 24.8 Å². The van der Waals surface area contributed by atoms with Crippen molar-refractivity contribution in [2.45, 2.75) is 13.8 Å². The molecule has 0 aromatic heterocycles. The molecule has 0 heterocycles. The molecule has 2 rings (SSSR count). The van der Waals surface area contributed by atoms with Gasteiger partial charge in [0.25, 0.3) is 0 Å². The van der Waals surface area contributed by atoms with Gasteiger partial charge in [0.05, 0.1) is 0 Å². The minimum absolute atomic E-state index is 0. The molecule has 3 heteroatoms. The Hall–Kier alpha value is 0.124. The molecule has 0 aliphatic heterocycles. The molecule has 2 aromatic rings. The molecule has 0 aliphatic carbocycles. The maximum absolute atomic E-state index is 2.18. The fourth-order valence-corrected chi connectivity index (χ4v) is 1.54. The van der Waals surface area contributed by atoms with Crippen LogP contribution in [-0.2, 0) is 21.7 Å². The summed E-state index contributed by atoms with van der Waals surface area (Å²) in [5.74, 6) is 0. The van der Waals surface area contributed by atoms with E-state index in [1.165, 1.54) is 21.9 Å². The Labute approximate surface area is 112 Å². The maximum Gasteiger partial charge on any atom is 3.00 e. The van der Waals surface area contributed by atoms with Crippen molar-refractivity contribution < 1.29 is 46.5 Å². The van der Waals surface area contributed by atoms with Crippen LogP contribution in [0.25, 0.3) is 10.8 Å². The van der Waals surface area contributed by atoms with Crippen molar-refractivity contribution in [3.05, 3.63) is 41.5 Å². The molecule has 1 radical (unpaired) electrons. The predicted octanol–water partition coefficient (Wildman–Crippen LogP) is -2.82. The zero-order chi connectivity index (χ0) is 7.84. The van der Waals surface area contributed by atoms with Gasteiger partial charge in [-0.2, -0.15) is 12.1 Å². The van der Waals surface area contributed by atoms with Crippen LogP contribution in [0.2, 0.25) is 0 Å². The van der Waals surface area contributed by atoms with Gasteiger partial charge in [-0.05, 0) is 6.92 Å². The second-order valence-corrected chi connectivity index (χ2v) is 3.05. The van der Waals surface area contributed by atoms with Gasteiger partial charge in [0.1, 0.15) is 0 Å². The van der Waals surface area contributed by atoms with Crippen LogP contribution < -0.4 is 24.8 Å². The molecule has 0 N–H and O–H groups in total. The molecule has 0 saturated heterocycles. The number of hydrogen-bond donors (Lipinski definition) is 0. The summed E-state index contributed by atoms with van der Waals surface area (Å²) in [5, 5.41) is 2.79. The quantitative estimate of drug-likeness (QED) is 0.355. The van der Waals surface area contributed by atoms with E-state index in [1.54, 1.807) is 0 Å². The molecule has 0 spiro atoms. The van der Waals surface area contributed by atoms with Crippen LogP contribution in [0, 0.1) is 13.8 Å². The fraction of sp³-hybridized carbons (Fsp3) is 0.182. The Kier molecular flexibility index (Phi) is 7.78. The van der Waals surface area contributed by atoms with Gasteiger partial charge >= 0.3 is 21.7 Å². The van der Waals surface area contributed by atoms with Crippen molar-refractivity contribution in [2.24, 2.45) is 0 Å². The fourth-order valence-electron chi connectivity index (χ4n) is 1.54. The molecule has 0 unspecified atom stereocenters. The average Bonchev–Trinajstić information content (AvgIpc) is 2.45. The molecular weight excluding hydrogens is 251 g/mol. The smallest absolute Gasteiger partial charge is 1.00 e. The Morgan fingerprint density at radius 2 is 1.50 bits per heavy atom. The van der Waals surface area contributed by atoms with E-state index >= 15 is 0 Å². The van der Waals surface area contributed by atoms with Crippen molar-refractivity contribution in [1.29, 1.82) is 0 Å². The third-order valence-corrected chi connectivity index (χ3v) is 2.25. The van der Waals surface area contributed by atoms with Crippen LogP contribution in [0.15, 0.2) is 30.3 Å². The molecule has 0 atom stereocenters. The van der Waals surface area contributed by atoms with Crippen LogP contribution in [-0.4, -0.2) is 0 Å². The summed E-state index contributed by atoms with van der Waals surface area (Å²) in [4.78, 5) is 0. The van der Waals surface area contributed by atoms with Gasteiger partial charge in [-0.3, -0.25) is 0 Å². The first-order chi connectivity index (χ1) is 5.29. The number of aryl methyl sites for hydroxylation is 2. The summed E-state index contributed by atoms with van der Waals surface area (Å²) < 4.78 is 0. The van der Waals surface area contributed by atoms with Crippen LogP contribution >= 0.6 is 0 Å². The largest absolute Gasteiger partial charge is 3.00 e. The second-order valence-electron chi connectivity index (χ2n) is 3.05. The summed E-state index contributed by atoms with van der Waals surface area (Å²) in [6.07, 6.45) is 0. The van der Waals surface area contributed by atoms with Crippen molar-refractivity contribution >= 4 is 10.8 Å². The summed E-state index contributed by atoms with van der Waals surface area (Å²) in [6.45, 7) is 4.31. The molecule has 2 aromatic carbocycles. The number of benzene rings is 1. The molecule has 0 bridgehead atoms. The monoisotopic (exact) mass is 261 g/mol. The third kappa shape index (κ3) is 2.81. The van der Waals surface area contributed by atoms with E-state index in [-0.39, 0.29) is 46.5 Å². The normalized spacial score (nSPS) is 8.43. The van der Waals surface area contributed by atoms with Crippen molar-refractivity contribution in [1.82, 2.24) is 0 Å². The van der Waals surface area contributed by atoms with Gasteiger partial charge in [-0.25, -0.2) is 0 Å². The molecule has 0 nitrogen and oxygen atoms in total. The van der Waals surface area contributed by atoms with Crippen molar-refractivity contribution in [3.63, 3.8) is 0 Å². The maximum atomic E-state index is 2.18. The first kappa shape index (κ1) is 16.6. The minimum Gasteiger partial charge on any atom is -1.00 e. The van der Waals surface area contributed by atoms with Gasteiger partial charge in [-0.1, -0.05) is 18.6 Å².